The van der Waals surface area contributed by atoms with Gasteiger partial charge in [-0.3, -0.25) is 0 Å². The van der Waals surface area contributed by atoms with Gasteiger partial charge in [-0.1, -0.05) is 6.92 Å². The number of hydrogen-bond donors (Lipinski definition) is 0. The largest absolute Gasteiger partial charge is 0.497 e. The summed E-state index contributed by atoms with van der Waals surface area (Å²) in [5, 5.41) is 0. The number of sulfonamides is 1. The summed E-state index contributed by atoms with van der Waals surface area (Å²) in [6.45, 7) is 2.12. The molecule has 1 saturated heterocycles. The molecule has 0 spiro atoms. The summed E-state index contributed by atoms with van der Waals surface area (Å²) in [7, 11) is -4.19. The van der Waals surface area contributed by atoms with Crippen molar-refractivity contribution >= 4 is 19.9 Å². The highest BCUT2D eigenvalue weighted by molar-refractivity contribution is 7.92. The summed E-state index contributed by atoms with van der Waals surface area (Å²) in [5.74, 6) is 0.547. The number of methoxy groups -OCH3 is 2. The molecule has 0 unspecified atom stereocenters. The molecule has 0 saturated carbocycles. The molecular formula is C15H23NO6S2. The Bertz CT molecular complexity index is 788. The van der Waals surface area contributed by atoms with Gasteiger partial charge in [-0.2, -0.15) is 4.31 Å². The maximum absolute atomic E-state index is 13.1. The quantitative estimate of drug-likeness (QED) is 0.711. The first-order valence-electron chi connectivity index (χ1n) is 7.69. The highest BCUT2D eigenvalue weighted by Crippen LogP contribution is 2.33. The Hall–Kier alpha value is -1.32. The van der Waals surface area contributed by atoms with Gasteiger partial charge in [-0.25, -0.2) is 16.8 Å². The minimum Gasteiger partial charge on any atom is -0.497 e. The zero-order valence-electron chi connectivity index (χ0n) is 14.1. The van der Waals surface area contributed by atoms with Gasteiger partial charge in [0.2, 0.25) is 10.0 Å². The number of ether oxygens (including phenoxy) is 2. The van der Waals surface area contributed by atoms with Gasteiger partial charge in [0.15, 0.2) is 9.84 Å². The molecule has 9 heteroatoms. The van der Waals surface area contributed by atoms with E-state index in [4.69, 9.17) is 9.47 Å². The van der Waals surface area contributed by atoms with E-state index in [1.165, 1.54) is 30.7 Å². The van der Waals surface area contributed by atoms with Gasteiger partial charge in [-0.05, 0) is 25.0 Å². The van der Waals surface area contributed by atoms with Crippen molar-refractivity contribution in [1.29, 1.82) is 0 Å². The van der Waals surface area contributed by atoms with Crippen LogP contribution in [0.4, 0.5) is 0 Å². The fourth-order valence-corrected chi connectivity index (χ4v) is 6.55. The van der Waals surface area contributed by atoms with Crippen LogP contribution < -0.4 is 9.47 Å². The Morgan fingerprint density at radius 3 is 2.46 bits per heavy atom. The Morgan fingerprint density at radius 2 is 1.96 bits per heavy atom. The highest BCUT2D eigenvalue weighted by Gasteiger charge is 2.39. The molecule has 1 heterocycles. The van der Waals surface area contributed by atoms with Gasteiger partial charge in [0.05, 0.1) is 25.7 Å². The van der Waals surface area contributed by atoms with E-state index < -0.39 is 25.9 Å². The molecule has 0 bridgehead atoms. The van der Waals surface area contributed by atoms with E-state index in [0.29, 0.717) is 18.6 Å². The Morgan fingerprint density at radius 1 is 1.25 bits per heavy atom. The molecular weight excluding hydrogens is 354 g/mol. The number of sulfone groups is 1. The average molecular weight is 377 g/mol. The molecule has 1 aromatic carbocycles. The fourth-order valence-electron chi connectivity index (χ4n) is 2.84. The predicted molar refractivity (Wildman–Crippen MR) is 90.8 cm³/mol. The molecule has 1 aliphatic heterocycles. The van der Waals surface area contributed by atoms with E-state index in [0.717, 1.165) is 0 Å². The van der Waals surface area contributed by atoms with Crippen LogP contribution in [0, 0.1) is 0 Å². The standard InChI is InChI=1S/C15H23NO6S2/c1-4-8-16(12-7-9-23(17,18)11-12)24(19,20)15-6-5-13(21-2)10-14(15)22-3/h5-6,10,12H,4,7-9,11H2,1-3H3/t12-/m0/s1. The molecule has 1 fully saturated rings. The van der Waals surface area contributed by atoms with Crippen molar-refractivity contribution in [1.82, 2.24) is 4.31 Å². The van der Waals surface area contributed by atoms with E-state index in [2.05, 4.69) is 0 Å². The van der Waals surface area contributed by atoms with Gasteiger partial charge in [0.1, 0.15) is 16.4 Å². The molecule has 136 valence electrons. The Labute approximate surface area is 143 Å². The third-order valence-electron chi connectivity index (χ3n) is 4.02. The normalized spacial score (nSPS) is 20.2. The smallest absolute Gasteiger partial charge is 0.247 e. The van der Waals surface area contributed by atoms with Crippen LogP contribution in [-0.2, 0) is 19.9 Å². The first-order chi connectivity index (χ1) is 11.2. The van der Waals surface area contributed by atoms with E-state index in [-0.39, 0.29) is 28.7 Å². The topological polar surface area (TPSA) is 90.0 Å². The molecule has 7 nitrogen and oxygen atoms in total. The second-order valence-corrected chi connectivity index (χ2v) is 9.78. The number of hydrogen-bond acceptors (Lipinski definition) is 6. The van der Waals surface area contributed by atoms with Crippen LogP contribution in [0.5, 0.6) is 11.5 Å². The maximum Gasteiger partial charge on any atom is 0.247 e. The third-order valence-corrected chi connectivity index (χ3v) is 7.76. The Balaban J connectivity index is 2.45. The minimum absolute atomic E-state index is 0.0172. The van der Waals surface area contributed by atoms with Crippen LogP contribution in [-0.4, -0.2) is 59.5 Å². The minimum atomic E-state index is -3.88. The lowest BCUT2D eigenvalue weighted by Gasteiger charge is -2.27. The second kappa shape index (κ2) is 7.28. The van der Waals surface area contributed by atoms with Crippen LogP contribution in [0.1, 0.15) is 19.8 Å². The lowest BCUT2D eigenvalue weighted by molar-refractivity contribution is 0.336. The van der Waals surface area contributed by atoms with E-state index >= 15 is 0 Å². The summed E-state index contributed by atoms with van der Waals surface area (Å²) < 4.78 is 61.3. The van der Waals surface area contributed by atoms with E-state index in [1.807, 2.05) is 6.92 Å². The first kappa shape index (κ1) is 19.0. The lowest BCUT2D eigenvalue weighted by Crippen LogP contribution is -2.41. The van der Waals surface area contributed by atoms with Crippen molar-refractivity contribution in [3.05, 3.63) is 18.2 Å². The molecule has 1 aromatic rings. The van der Waals surface area contributed by atoms with Crippen LogP contribution in [0.15, 0.2) is 23.1 Å². The van der Waals surface area contributed by atoms with Gasteiger partial charge < -0.3 is 9.47 Å². The van der Waals surface area contributed by atoms with Crippen molar-refractivity contribution in [3.8, 4) is 11.5 Å². The molecule has 2 rings (SSSR count). The SMILES string of the molecule is CCCN([C@H]1CCS(=O)(=O)C1)S(=O)(=O)c1ccc(OC)cc1OC. The van der Waals surface area contributed by atoms with Crippen molar-refractivity contribution in [2.45, 2.75) is 30.7 Å². The molecule has 0 N–H and O–H groups in total. The highest BCUT2D eigenvalue weighted by atomic mass is 32.2. The van der Waals surface area contributed by atoms with Gasteiger partial charge >= 0.3 is 0 Å². The third kappa shape index (κ3) is 3.84. The molecule has 0 amide bonds. The number of nitrogens with zero attached hydrogens (tertiary/aromatic N) is 1. The molecule has 24 heavy (non-hydrogen) atoms. The second-order valence-electron chi connectivity index (χ2n) is 5.69. The van der Waals surface area contributed by atoms with Crippen LogP contribution in [0.25, 0.3) is 0 Å². The molecule has 1 aliphatic rings. The molecule has 0 aliphatic carbocycles. The fraction of sp³-hybridized carbons (Fsp3) is 0.600. The van der Waals surface area contributed by atoms with Crippen molar-refractivity contribution in [2.24, 2.45) is 0 Å². The summed E-state index contributed by atoms with van der Waals surface area (Å²) >= 11 is 0. The predicted octanol–water partition coefficient (Wildman–Crippen LogP) is 1.29. The lowest BCUT2D eigenvalue weighted by atomic mass is 10.2. The monoisotopic (exact) mass is 377 g/mol. The number of benzene rings is 1. The first-order valence-corrected chi connectivity index (χ1v) is 11.0. The van der Waals surface area contributed by atoms with Crippen molar-refractivity contribution < 1.29 is 26.3 Å². The average Bonchev–Trinajstić information content (AvgIpc) is 2.91. The summed E-state index contributed by atoms with van der Waals surface area (Å²) in [6.07, 6.45) is 0.911. The maximum atomic E-state index is 13.1. The van der Waals surface area contributed by atoms with E-state index in [9.17, 15) is 16.8 Å². The summed E-state index contributed by atoms with van der Waals surface area (Å²) in [6, 6.07) is 3.94. The molecule has 0 aromatic heterocycles. The number of rotatable bonds is 7. The van der Waals surface area contributed by atoms with Crippen molar-refractivity contribution in [2.75, 3.05) is 32.3 Å². The zero-order chi connectivity index (χ0) is 18.0. The summed E-state index contributed by atoms with van der Waals surface area (Å²) in [5.41, 5.74) is 0. The van der Waals surface area contributed by atoms with Crippen LogP contribution in [0.2, 0.25) is 0 Å². The van der Waals surface area contributed by atoms with Gasteiger partial charge in [0, 0.05) is 18.7 Å². The zero-order valence-corrected chi connectivity index (χ0v) is 15.7. The van der Waals surface area contributed by atoms with Crippen LogP contribution in [0.3, 0.4) is 0 Å². The van der Waals surface area contributed by atoms with E-state index in [1.54, 1.807) is 6.07 Å². The summed E-state index contributed by atoms with van der Waals surface area (Å²) in [4.78, 5) is 0.0172. The Kier molecular flexibility index (Phi) is 5.77. The van der Waals surface area contributed by atoms with Gasteiger partial charge in [0.25, 0.3) is 0 Å². The van der Waals surface area contributed by atoms with Gasteiger partial charge in [-0.15, -0.1) is 0 Å². The van der Waals surface area contributed by atoms with Crippen LogP contribution >= 0.6 is 0 Å². The molecule has 0 radical (unpaired) electrons. The van der Waals surface area contributed by atoms with Crippen molar-refractivity contribution in [3.63, 3.8) is 0 Å². The molecule has 1 atom stereocenters.